The summed E-state index contributed by atoms with van der Waals surface area (Å²) in [6, 6.07) is 10.2. The van der Waals surface area contributed by atoms with E-state index in [0.29, 0.717) is 5.56 Å². The molecule has 41 heavy (non-hydrogen) atoms. The van der Waals surface area contributed by atoms with Crippen LogP contribution in [0.1, 0.15) is 41.4 Å². The standard InChI is InChI=1S/C29H30F4N2O6/c1-27(15-34)16-41-26-20(27)14-24(35-25(26)17-3-6-19(30)7-4-17)28(38,29(31,32)33)10-9-21(37)18-5-8-22(40-12-11-36)23(13-18)39-2/h3-8,13-14,36,38H,9-12,15-16,34H2,1-2H3/t27?,28-/m0/s1. The van der Waals surface area contributed by atoms with Gasteiger partial charge in [-0.25, -0.2) is 9.37 Å². The van der Waals surface area contributed by atoms with Crippen molar-refractivity contribution in [1.82, 2.24) is 4.98 Å². The molecule has 0 radical (unpaired) electrons. The molecule has 1 aliphatic heterocycles. The molecule has 0 aliphatic carbocycles. The van der Waals surface area contributed by atoms with E-state index in [4.69, 9.17) is 25.1 Å². The molecule has 12 heteroatoms. The zero-order valence-corrected chi connectivity index (χ0v) is 22.4. The lowest BCUT2D eigenvalue weighted by Crippen LogP contribution is -2.44. The summed E-state index contributed by atoms with van der Waals surface area (Å²) < 4.78 is 73.7. The van der Waals surface area contributed by atoms with Gasteiger partial charge in [-0.05, 0) is 55.0 Å². The number of carbonyl (C=O) groups excluding carboxylic acids is 1. The van der Waals surface area contributed by atoms with Gasteiger partial charge in [0.25, 0.3) is 0 Å². The van der Waals surface area contributed by atoms with E-state index < -0.39 is 47.3 Å². The molecule has 1 aliphatic rings. The van der Waals surface area contributed by atoms with Crippen LogP contribution in [0.2, 0.25) is 0 Å². The number of ether oxygens (including phenoxy) is 3. The van der Waals surface area contributed by atoms with Crippen molar-refractivity contribution in [2.45, 2.75) is 37.0 Å². The van der Waals surface area contributed by atoms with Crippen molar-refractivity contribution in [3.8, 4) is 28.5 Å². The lowest BCUT2D eigenvalue weighted by molar-refractivity contribution is -0.270. The molecule has 2 heterocycles. The Labute approximate surface area is 233 Å². The average Bonchev–Trinajstić information content (AvgIpc) is 3.30. The number of carbonyl (C=O) groups is 1. The number of methoxy groups -OCH3 is 1. The second kappa shape index (κ2) is 11.6. The molecule has 0 saturated carbocycles. The van der Waals surface area contributed by atoms with E-state index in [0.717, 1.165) is 18.2 Å². The molecule has 0 saturated heterocycles. The van der Waals surface area contributed by atoms with Crippen LogP contribution in [0.4, 0.5) is 17.6 Å². The van der Waals surface area contributed by atoms with E-state index in [9.17, 15) is 27.5 Å². The van der Waals surface area contributed by atoms with E-state index in [1.807, 2.05) is 0 Å². The van der Waals surface area contributed by atoms with Crippen LogP contribution in [-0.2, 0) is 11.0 Å². The number of benzene rings is 2. The maximum atomic E-state index is 14.6. The third-order valence-electron chi connectivity index (χ3n) is 7.17. The van der Waals surface area contributed by atoms with E-state index in [2.05, 4.69) is 4.98 Å². The largest absolute Gasteiger partial charge is 0.493 e. The van der Waals surface area contributed by atoms with Crippen LogP contribution in [0.3, 0.4) is 0 Å². The monoisotopic (exact) mass is 578 g/mol. The second-order valence-electron chi connectivity index (χ2n) is 10.0. The smallest absolute Gasteiger partial charge is 0.422 e. The molecule has 220 valence electrons. The molecule has 0 bridgehead atoms. The lowest BCUT2D eigenvalue weighted by atomic mass is 9.81. The van der Waals surface area contributed by atoms with Crippen LogP contribution in [0, 0.1) is 5.82 Å². The number of Topliss-reactive ketones (excluding diaryl/α,β-unsaturated/α-hetero) is 1. The van der Waals surface area contributed by atoms with Gasteiger partial charge in [-0.15, -0.1) is 0 Å². The van der Waals surface area contributed by atoms with Crippen LogP contribution in [0.15, 0.2) is 48.5 Å². The first-order chi connectivity index (χ1) is 19.4. The van der Waals surface area contributed by atoms with Crippen molar-refractivity contribution in [2.75, 3.05) is 33.5 Å². The van der Waals surface area contributed by atoms with E-state index in [1.165, 1.54) is 37.4 Å². The number of alkyl halides is 3. The Morgan fingerprint density at radius 2 is 1.85 bits per heavy atom. The third-order valence-corrected chi connectivity index (χ3v) is 7.17. The average molecular weight is 579 g/mol. The predicted octanol–water partition coefficient (Wildman–Crippen LogP) is 4.29. The molecule has 4 rings (SSSR count). The minimum Gasteiger partial charge on any atom is -0.493 e. The van der Waals surface area contributed by atoms with Gasteiger partial charge in [0.15, 0.2) is 17.3 Å². The molecular formula is C29H30F4N2O6. The summed E-state index contributed by atoms with van der Waals surface area (Å²) in [7, 11) is 1.33. The zero-order valence-electron chi connectivity index (χ0n) is 22.4. The van der Waals surface area contributed by atoms with Gasteiger partial charge in [0, 0.05) is 35.1 Å². The van der Waals surface area contributed by atoms with Crippen molar-refractivity contribution in [1.29, 1.82) is 0 Å². The Bertz CT molecular complexity index is 1420. The predicted molar refractivity (Wildman–Crippen MR) is 141 cm³/mol. The Hall–Kier alpha value is -3.74. The summed E-state index contributed by atoms with van der Waals surface area (Å²) in [6.07, 6.45) is -6.94. The zero-order chi connectivity index (χ0) is 30.0. The highest BCUT2D eigenvalue weighted by atomic mass is 19.4. The molecule has 0 fully saturated rings. The molecule has 8 nitrogen and oxygen atoms in total. The van der Waals surface area contributed by atoms with Crippen LogP contribution < -0.4 is 19.9 Å². The molecule has 2 aromatic carbocycles. The second-order valence-corrected chi connectivity index (χ2v) is 10.0. The van der Waals surface area contributed by atoms with Crippen molar-refractivity contribution in [3.05, 3.63) is 71.2 Å². The summed E-state index contributed by atoms with van der Waals surface area (Å²) >= 11 is 0. The van der Waals surface area contributed by atoms with Gasteiger partial charge in [0.1, 0.15) is 23.9 Å². The third kappa shape index (κ3) is 5.85. The lowest BCUT2D eigenvalue weighted by Gasteiger charge is -2.31. The van der Waals surface area contributed by atoms with E-state index in [-0.39, 0.29) is 60.4 Å². The van der Waals surface area contributed by atoms with Crippen LogP contribution >= 0.6 is 0 Å². The fourth-order valence-electron chi connectivity index (χ4n) is 4.59. The Morgan fingerprint density at radius 1 is 1.15 bits per heavy atom. The van der Waals surface area contributed by atoms with Gasteiger partial charge in [-0.2, -0.15) is 13.2 Å². The van der Waals surface area contributed by atoms with Crippen molar-refractivity contribution >= 4 is 5.78 Å². The molecule has 2 atom stereocenters. The summed E-state index contributed by atoms with van der Waals surface area (Å²) in [6.45, 7) is 1.55. The number of aliphatic hydroxyl groups is 2. The first kappa shape index (κ1) is 30.2. The van der Waals surface area contributed by atoms with Crippen LogP contribution in [0.5, 0.6) is 17.2 Å². The number of aromatic nitrogens is 1. The number of pyridine rings is 1. The first-order valence-electron chi connectivity index (χ1n) is 12.8. The van der Waals surface area contributed by atoms with Crippen molar-refractivity contribution in [3.63, 3.8) is 0 Å². The highest BCUT2D eigenvalue weighted by molar-refractivity contribution is 5.96. The molecular weight excluding hydrogens is 548 g/mol. The first-order valence-corrected chi connectivity index (χ1v) is 12.8. The number of fused-ring (bicyclic) bond motifs is 1. The fraction of sp³-hybridized carbons (Fsp3) is 0.379. The Balaban J connectivity index is 1.73. The van der Waals surface area contributed by atoms with Gasteiger partial charge in [-0.1, -0.05) is 6.92 Å². The molecule has 4 N–H and O–H groups in total. The SMILES string of the molecule is COc1cc(C(=O)CC[C@](O)(c2cc3c(c(-c4ccc(F)cc4)n2)OCC3(C)CN)C(F)(F)F)ccc1OCCO. The van der Waals surface area contributed by atoms with Gasteiger partial charge < -0.3 is 30.2 Å². The summed E-state index contributed by atoms with van der Waals surface area (Å²) in [5.74, 6) is -0.644. The van der Waals surface area contributed by atoms with Crippen LogP contribution in [0.25, 0.3) is 11.3 Å². The molecule has 0 amide bonds. The number of ketones is 1. The number of halogens is 4. The molecule has 1 aromatic heterocycles. The molecule has 1 unspecified atom stereocenters. The maximum absolute atomic E-state index is 14.6. The number of nitrogens with zero attached hydrogens (tertiary/aromatic N) is 1. The topological polar surface area (TPSA) is 124 Å². The number of aliphatic hydroxyl groups excluding tert-OH is 1. The Morgan fingerprint density at radius 3 is 2.46 bits per heavy atom. The van der Waals surface area contributed by atoms with E-state index in [1.54, 1.807) is 6.92 Å². The highest BCUT2D eigenvalue weighted by Gasteiger charge is 2.57. The molecule has 3 aromatic rings. The summed E-state index contributed by atoms with van der Waals surface area (Å²) in [4.78, 5) is 17.2. The normalized spacial score (nSPS) is 17.9. The fourth-order valence-corrected chi connectivity index (χ4v) is 4.59. The van der Waals surface area contributed by atoms with Crippen molar-refractivity contribution in [2.24, 2.45) is 5.73 Å². The van der Waals surface area contributed by atoms with Crippen molar-refractivity contribution < 1.29 is 46.8 Å². The maximum Gasteiger partial charge on any atom is 0.422 e. The Kier molecular flexibility index (Phi) is 8.57. The summed E-state index contributed by atoms with van der Waals surface area (Å²) in [5, 5.41) is 20.2. The van der Waals surface area contributed by atoms with E-state index >= 15 is 0 Å². The minimum atomic E-state index is -5.22. The van der Waals surface area contributed by atoms with Gasteiger partial charge in [0.05, 0.1) is 26.0 Å². The van der Waals surface area contributed by atoms with Gasteiger partial charge >= 0.3 is 6.18 Å². The van der Waals surface area contributed by atoms with Gasteiger partial charge in [0.2, 0.25) is 5.60 Å². The molecule has 0 spiro atoms. The quantitative estimate of drug-likeness (QED) is 0.228. The number of hydrogen-bond donors (Lipinski definition) is 3. The minimum absolute atomic E-state index is 0.00752. The number of hydrogen-bond acceptors (Lipinski definition) is 8. The summed E-state index contributed by atoms with van der Waals surface area (Å²) in [5.41, 5.74) is 1.47. The number of nitrogens with two attached hydrogens (primary N) is 1. The van der Waals surface area contributed by atoms with Crippen LogP contribution in [-0.4, -0.2) is 60.6 Å². The van der Waals surface area contributed by atoms with Gasteiger partial charge in [-0.3, -0.25) is 4.79 Å². The highest BCUT2D eigenvalue weighted by Crippen LogP contribution is 2.49. The number of rotatable bonds is 11.